The zero-order valence-electron chi connectivity index (χ0n) is 17.6. The first-order chi connectivity index (χ1) is 14.8. The van der Waals surface area contributed by atoms with Gasteiger partial charge in [-0.15, -0.1) is 0 Å². The molecule has 3 amide bonds. The zero-order valence-corrected chi connectivity index (χ0v) is 18.3. The van der Waals surface area contributed by atoms with Crippen LogP contribution in [0.5, 0.6) is 5.75 Å². The van der Waals surface area contributed by atoms with E-state index in [1.165, 1.54) is 4.90 Å². The van der Waals surface area contributed by atoms with Gasteiger partial charge >= 0.3 is 0 Å². The van der Waals surface area contributed by atoms with Crippen LogP contribution in [0.4, 0.5) is 0 Å². The number of halogens is 1. The molecule has 1 fully saturated rings. The molecule has 0 spiro atoms. The Hall–Kier alpha value is -2.90. The Labute approximate surface area is 186 Å². The van der Waals surface area contributed by atoms with E-state index in [4.69, 9.17) is 16.3 Å². The molecule has 8 heteroatoms. The molecular weight excluding hydrogens is 418 g/mol. The highest BCUT2D eigenvalue weighted by Crippen LogP contribution is 2.17. The maximum atomic E-state index is 12.4. The average Bonchev–Trinajstić information content (AvgIpc) is 3.03. The largest absolute Gasteiger partial charge is 0.489 e. The molecular formula is C23H26ClN3O4. The van der Waals surface area contributed by atoms with Gasteiger partial charge in [-0.2, -0.15) is 0 Å². The van der Waals surface area contributed by atoms with Gasteiger partial charge in [0.05, 0.1) is 6.42 Å². The molecule has 0 saturated carbocycles. The first-order valence-electron chi connectivity index (χ1n) is 10.2. The highest BCUT2D eigenvalue weighted by atomic mass is 35.5. The molecule has 31 heavy (non-hydrogen) atoms. The van der Waals surface area contributed by atoms with Crippen LogP contribution in [-0.2, 0) is 16.2 Å². The van der Waals surface area contributed by atoms with Gasteiger partial charge in [0.2, 0.25) is 11.8 Å². The Morgan fingerprint density at radius 3 is 2.45 bits per heavy atom. The molecule has 0 aliphatic carbocycles. The van der Waals surface area contributed by atoms with Crippen LogP contribution in [0.3, 0.4) is 0 Å². The van der Waals surface area contributed by atoms with Crippen molar-refractivity contribution in [3.05, 3.63) is 64.7 Å². The van der Waals surface area contributed by atoms with Gasteiger partial charge in [-0.3, -0.25) is 24.7 Å². The normalized spacial score (nSPS) is 16.1. The molecule has 3 rings (SSSR count). The third-order valence-electron chi connectivity index (χ3n) is 4.97. The molecule has 0 bridgehead atoms. The average molecular weight is 444 g/mol. The molecule has 1 heterocycles. The first kappa shape index (κ1) is 22.8. The second kappa shape index (κ2) is 10.4. The van der Waals surface area contributed by atoms with Crippen molar-refractivity contribution >= 4 is 29.3 Å². The second-order valence-corrected chi connectivity index (χ2v) is 8.30. The van der Waals surface area contributed by atoms with E-state index >= 15 is 0 Å². The van der Waals surface area contributed by atoms with Crippen LogP contribution in [0, 0.1) is 5.92 Å². The number of likely N-dealkylation sites (tertiary alicyclic amines) is 1. The fourth-order valence-electron chi connectivity index (χ4n) is 3.09. The molecule has 0 radical (unpaired) electrons. The number of imide groups is 1. The van der Waals surface area contributed by atoms with E-state index in [0.717, 1.165) is 12.0 Å². The number of nitrogens with one attached hydrogen (secondary N) is 2. The van der Waals surface area contributed by atoms with Gasteiger partial charge in [-0.25, -0.2) is 5.43 Å². The van der Waals surface area contributed by atoms with E-state index in [1.54, 1.807) is 48.5 Å². The van der Waals surface area contributed by atoms with Crippen molar-refractivity contribution in [2.24, 2.45) is 5.92 Å². The Kier molecular flexibility index (Phi) is 7.65. The second-order valence-electron chi connectivity index (χ2n) is 7.86. The number of nitrogens with zero attached hydrogens (tertiary/aromatic N) is 1. The minimum absolute atomic E-state index is 0.0399. The summed E-state index contributed by atoms with van der Waals surface area (Å²) in [6.45, 7) is 4.83. The monoisotopic (exact) mass is 443 g/mol. The number of amides is 3. The highest BCUT2D eigenvalue weighted by molar-refractivity contribution is 6.30. The third kappa shape index (κ3) is 6.29. The maximum Gasteiger partial charge on any atom is 0.265 e. The van der Waals surface area contributed by atoms with Crippen LogP contribution in [0.1, 0.15) is 42.6 Å². The van der Waals surface area contributed by atoms with E-state index in [0.29, 0.717) is 35.4 Å². The molecule has 0 aromatic heterocycles. The summed E-state index contributed by atoms with van der Waals surface area (Å²) in [6, 6.07) is 13.3. The van der Waals surface area contributed by atoms with Crippen LogP contribution >= 0.6 is 11.6 Å². The lowest BCUT2D eigenvalue weighted by Crippen LogP contribution is -2.48. The Morgan fingerprint density at radius 2 is 1.81 bits per heavy atom. The van der Waals surface area contributed by atoms with Gasteiger partial charge in [0.15, 0.2) is 0 Å². The van der Waals surface area contributed by atoms with Crippen molar-refractivity contribution in [1.29, 1.82) is 0 Å². The summed E-state index contributed by atoms with van der Waals surface area (Å²) in [4.78, 5) is 38.1. The topological polar surface area (TPSA) is 87.7 Å². The number of carbonyl (C=O) groups is 3. The quantitative estimate of drug-likeness (QED) is 0.458. The number of rotatable bonds is 9. The van der Waals surface area contributed by atoms with Gasteiger partial charge in [0, 0.05) is 17.1 Å². The molecule has 2 N–H and O–H groups in total. The van der Waals surface area contributed by atoms with Crippen molar-refractivity contribution < 1.29 is 19.1 Å². The third-order valence-corrected chi connectivity index (χ3v) is 5.22. The number of hydrogen-bond donors (Lipinski definition) is 2. The van der Waals surface area contributed by atoms with Gasteiger partial charge in [0.25, 0.3) is 5.91 Å². The number of carbonyl (C=O) groups excluding carboxylic acids is 3. The maximum absolute atomic E-state index is 12.4. The summed E-state index contributed by atoms with van der Waals surface area (Å²) >= 11 is 5.85. The lowest BCUT2D eigenvalue weighted by atomic mass is 10.1. The molecule has 2 aromatic carbocycles. The minimum atomic E-state index is -0.740. The minimum Gasteiger partial charge on any atom is -0.489 e. The molecule has 1 aliphatic heterocycles. The predicted octanol–water partition coefficient (Wildman–Crippen LogP) is 3.33. The van der Waals surface area contributed by atoms with Gasteiger partial charge < -0.3 is 4.74 Å². The summed E-state index contributed by atoms with van der Waals surface area (Å²) in [7, 11) is 0. The van der Waals surface area contributed by atoms with Crippen LogP contribution < -0.4 is 15.6 Å². The Bertz CT molecular complexity index is 929. The summed E-state index contributed by atoms with van der Waals surface area (Å²) < 4.78 is 5.68. The summed E-state index contributed by atoms with van der Waals surface area (Å²) in [6.07, 6.45) is 0.794. The standard InChI is InChI=1S/C23H26ClN3O4/c1-15(2)11-12-27-21(28)13-20(23(27)30)25-26-22(29)17-5-3-16(4-6-17)14-31-19-9-7-18(24)8-10-19/h3-10,15,20,25H,11-14H2,1-2H3,(H,26,29)/t20-/m1/s1. The summed E-state index contributed by atoms with van der Waals surface area (Å²) in [5.74, 6) is 0.189. The van der Waals surface area contributed by atoms with Crippen molar-refractivity contribution in [2.45, 2.75) is 39.3 Å². The molecule has 1 saturated heterocycles. The number of hydrazine groups is 1. The van der Waals surface area contributed by atoms with E-state index in [2.05, 4.69) is 10.9 Å². The van der Waals surface area contributed by atoms with Crippen molar-refractivity contribution in [3.8, 4) is 5.75 Å². The van der Waals surface area contributed by atoms with E-state index in [9.17, 15) is 14.4 Å². The molecule has 7 nitrogen and oxygen atoms in total. The van der Waals surface area contributed by atoms with E-state index in [1.807, 2.05) is 13.8 Å². The lowest BCUT2D eigenvalue weighted by Gasteiger charge is -2.16. The molecule has 0 unspecified atom stereocenters. The van der Waals surface area contributed by atoms with Crippen molar-refractivity contribution in [1.82, 2.24) is 15.8 Å². The fourth-order valence-corrected chi connectivity index (χ4v) is 3.22. The molecule has 164 valence electrons. The van der Waals surface area contributed by atoms with Gasteiger partial charge in [-0.1, -0.05) is 37.6 Å². The molecule has 2 aromatic rings. The fraction of sp³-hybridized carbons (Fsp3) is 0.348. The Balaban J connectivity index is 1.47. The number of benzene rings is 2. The van der Waals surface area contributed by atoms with Crippen LogP contribution in [-0.4, -0.2) is 35.2 Å². The van der Waals surface area contributed by atoms with Gasteiger partial charge in [-0.05, 0) is 54.3 Å². The summed E-state index contributed by atoms with van der Waals surface area (Å²) in [5, 5.41) is 0.642. The Morgan fingerprint density at radius 1 is 1.13 bits per heavy atom. The SMILES string of the molecule is CC(C)CCN1C(=O)C[C@@H](NNC(=O)c2ccc(COc3ccc(Cl)cc3)cc2)C1=O. The van der Waals surface area contributed by atoms with Crippen molar-refractivity contribution in [2.75, 3.05) is 6.54 Å². The number of hydrogen-bond acceptors (Lipinski definition) is 5. The van der Waals surface area contributed by atoms with Gasteiger partial charge in [0.1, 0.15) is 18.4 Å². The zero-order chi connectivity index (χ0) is 22.4. The highest BCUT2D eigenvalue weighted by Gasteiger charge is 2.38. The lowest BCUT2D eigenvalue weighted by molar-refractivity contribution is -0.139. The van der Waals surface area contributed by atoms with Crippen molar-refractivity contribution in [3.63, 3.8) is 0 Å². The smallest absolute Gasteiger partial charge is 0.265 e. The van der Waals surface area contributed by atoms with Crippen LogP contribution in [0.15, 0.2) is 48.5 Å². The predicted molar refractivity (Wildman–Crippen MR) is 117 cm³/mol. The first-order valence-corrected chi connectivity index (χ1v) is 10.6. The van der Waals surface area contributed by atoms with Crippen LogP contribution in [0.25, 0.3) is 0 Å². The molecule has 1 atom stereocenters. The number of ether oxygens (including phenoxy) is 1. The van der Waals surface area contributed by atoms with Crippen LogP contribution in [0.2, 0.25) is 5.02 Å². The molecule has 1 aliphatic rings. The van der Waals surface area contributed by atoms with E-state index < -0.39 is 6.04 Å². The van der Waals surface area contributed by atoms with E-state index in [-0.39, 0.29) is 24.1 Å². The summed E-state index contributed by atoms with van der Waals surface area (Å²) in [5.41, 5.74) is 6.55.